The first-order valence-corrected chi connectivity index (χ1v) is 3.88. The molecule has 1 N–H and O–H groups in total. The molecular weight excluding hydrogens is 198 g/mol. The molecule has 0 saturated heterocycles. The molecule has 0 aromatic carbocycles. The van der Waals surface area contributed by atoms with Crippen molar-refractivity contribution in [2.45, 2.75) is 39.0 Å². The molecule has 0 amide bonds. The molecular formula is C8H17GaO2. The first-order chi connectivity index (χ1) is 4.65. The summed E-state index contributed by atoms with van der Waals surface area (Å²) in [4.78, 5) is 10.7. The summed E-state index contributed by atoms with van der Waals surface area (Å²) < 4.78 is 0. The predicted octanol–water partition coefficient (Wildman–Crippen LogP) is 0.857. The molecule has 0 aromatic heterocycles. The van der Waals surface area contributed by atoms with Crippen molar-refractivity contribution >= 4 is 25.8 Å². The van der Waals surface area contributed by atoms with E-state index >= 15 is 0 Å². The number of rotatable bonds is 1. The molecule has 3 heteroatoms. The number of carboxylic acid groups (broad SMARTS) is 1. The molecule has 0 radical (unpaired) electrons. The van der Waals surface area contributed by atoms with E-state index in [4.69, 9.17) is 5.11 Å². The van der Waals surface area contributed by atoms with Crippen LogP contribution in [-0.2, 0) is 4.79 Å². The van der Waals surface area contributed by atoms with Crippen LogP contribution in [0.2, 0.25) is 0 Å². The Kier molecular flexibility index (Phi) is 4.25. The SMILES string of the molecule is CC1(C(=O)O)CCCCC1.[GaH3]. The Labute approximate surface area is 80.4 Å². The quantitative estimate of drug-likeness (QED) is 0.658. The van der Waals surface area contributed by atoms with Crippen molar-refractivity contribution < 1.29 is 9.90 Å². The van der Waals surface area contributed by atoms with Crippen LogP contribution in [0.5, 0.6) is 0 Å². The van der Waals surface area contributed by atoms with Gasteiger partial charge in [-0.1, -0.05) is 19.3 Å². The second-order valence-electron chi connectivity index (χ2n) is 3.43. The molecule has 1 fully saturated rings. The van der Waals surface area contributed by atoms with Crippen LogP contribution in [0.4, 0.5) is 0 Å². The van der Waals surface area contributed by atoms with Crippen molar-refractivity contribution in [2.24, 2.45) is 5.41 Å². The Bertz CT molecular complexity index is 139. The summed E-state index contributed by atoms with van der Waals surface area (Å²) in [5.41, 5.74) is -0.405. The first kappa shape index (κ1) is 11.1. The van der Waals surface area contributed by atoms with E-state index in [0.29, 0.717) is 0 Å². The van der Waals surface area contributed by atoms with E-state index in [9.17, 15) is 4.79 Å². The molecule has 0 unspecified atom stereocenters. The van der Waals surface area contributed by atoms with Gasteiger partial charge in [-0.25, -0.2) is 0 Å². The Balaban J connectivity index is 0.000001000. The molecule has 0 aliphatic heterocycles. The fourth-order valence-corrected chi connectivity index (χ4v) is 1.55. The molecule has 1 rings (SSSR count). The molecule has 0 heterocycles. The summed E-state index contributed by atoms with van der Waals surface area (Å²) in [7, 11) is 0. The molecule has 0 bridgehead atoms. The van der Waals surface area contributed by atoms with Gasteiger partial charge in [0, 0.05) is 0 Å². The van der Waals surface area contributed by atoms with Crippen LogP contribution in [0.1, 0.15) is 39.0 Å². The fraction of sp³-hybridized carbons (Fsp3) is 0.875. The molecule has 0 aromatic rings. The molecule has 11 heavy (non-hydrogen) atoms. The summed E-state index contributed by atoms with van der Waals surface area (Å²) in [6.07, 6.45) is 5.11. The predicted molar refractivity (Wildman–Crippen MR) is 48.8 cm³/mol. The standard InChI is InChI=1S/C8H14O2.Ga.3H/c1-8(7(9)10)5-3-2-4-6-8;;;;/h2-6H2,1H3,(H,9,10);;;;. The zero-order valence-corrected chi connectivity index (χ0v) is 6.39. The van der Waals surface area contributed by atoms with Crippen molar-refractivity contribution in [2.75, 3.05) is 0 Å². The zero-order chi connectivity index (χ0) is 7.61. The second-order valence-corrected chi connectivity index (χ2v) is 3.43. The number of carboxylic acids is 1. The summed E-state index contributed by atoms with van der Waals surface area (Å²) in [5, 5.41) is 8.80. The Morgan fingerprint density at radius 2 is 1.73 bits per heavy atom. The van der Waals surface area contributed by atoms with Gasteiger partial charge in [-0.3, -0.25) is 4.79 Å². The first-order valence-electron chi connectivity index (χ1n) is 3.88. The maximum atomic E-state index is 10.7. The summed E-state index contributed by atoms with van der Waals surface area (Å²) in [5.74, 6) is -0.618. The number of carbonyl (C=O) groups is 1. The van der Waals surface area contributed by atoms with E-state index < -0.39 is 11.4 Å². The van der Waals surface area contributed by atoms with Crippen LogP contribution in [0.3, 0.4) is 0 Å². The third-order valence-corrected chi connectivity index (χ3v) is 2.47. The van der Waals surface area contributed by atoms with E-state index in [2.05, 4.69) is 0 Å². The van der Waals surface area contributed by atoms with Crippen LogP contribution >= 0.6 is 0 Å². The normalized spacial score (nSPS) is 21.9. The van der Waals surface area contributed by atoms with Crippen molar-refractivity contribution in [3.8, 4) is 0 Å². The van der Waals surface area contributed by atoms with Crippen molar-refractivity contribution in [3.63, 3.8) is 0 Å². The van der Waals surface area contributed by atoms with Gasteiger partial charge < -0.3 is 5.11 Å². The molecule has 1 aliphatic rings. The number of hydrogen-bond acceptors (Lipinski definition) is 1. The molecule has 0 spiro atoms. The number of hydrogen-bond donors (Lipinski definition) is 1. The third-order valence-electron chi connectivity index (χ3n) is 2.47. The molecule has 1 saturated carbocycles. The van der Waals surface area contributed by atoms with Crippen molar-refractivity contribution in [3.05, 3.63) is 0 Å². The van der Waals surface area contributed by atoms with Crippen molar-refractivity contribution in [1.82, 2.24) is 0 Å². The second kappa shape index (κ2) is 4.21. The average molecular weight is 215 g/mol. The monoisotopic (exact) mass is 214 g/mol. The Hall–Kier alpha value is 0.106. The minimum atomic E-state index is -0.618. The van der Waals surface area contributed by atoms with Crippen LogP contribution in [-0.4, -0.2) is 30.9 Å². The van der Waals surface area contributed by atoms with Gasteiger partial charge in [-0.2, -0.15) is 0 Å². The topological polar surface area (TPSA) is 37.3 Å². The van der Waals surface area contributed by atoms with Crippen LogP contribution in [0.15, 0.2) is 0 Å². The Morgan fingerprint density at radius 3 is 2.00 bits per heavy atom. The molecule has 0 atom stereocenters. The maximum absolute atomic E-state index is 10.7. The molecule has 2 nitrogen and oxygen atoms in total. The molecule has 1 aliphatic carbocycles. The van der Waals surface area contributed by atoms with Gasteiger partial charge in [0.2, 0.25) is 0 Å². The van der Waals surface area contributed by atoms with Gasteiger partial charge in [0.25, 0.3) is 0 Å². The van der Waals surface area contributed by atoms with Gasteiger partial charge in [0.15, 0.2) is 0 Å². The minimum absolute atomic E-state index is 0. The van der Waals surface area contributed by atoms with Gasteiger partial charge in [-0.05, 0) is 19.8 Å². The molecule has 64 valence electrons. The zero-order valence-electron chi connectivity index (χ0n) is 6.39. The van der Waals surface area contributed by atoms with E-state index in [1.54, 1.807) is 0 Å². The summed E-state index contributed by atoms with van der Waals surface area (Å²) >= 11 is 0. The van der Waals surface area contributed by atoms with E-state index in [1.807, 2.05) is 6.92 Å². The van der Waals surface area contributed by atoms with E-state index in [0.717, 1.165) is 25.7 Å². The van der Waals surface area contributed by atoms with Gasteiger partial charge in [0.05, 0.1) is 5.41 Å². The Morgan fingerprint density at radius 1 is 1.27 bits per heavy atom. The third kappa shape index (κ3) is 2.56. The average Bonchev–Trinajstić information content (AvgIpc) is 1.89. The number of aliphatic carboxylic acids is 1. The van der Waals surface area contributed by atoms with Crippen LogP contribution < -0.4 is 0 Å². The van der Waals surface area contributed by atoms with Gasteiger partial charge >= 0.3 is 25.8 Å². The van der Waals surface area contributed by atoms with Gasteiger partial charge in [-0.15, -0.1) is 0 Å². The summed E-state index contributed by atoms with van der Waals surface area (Å²) in [6.45, 7) is 1.86. The summed E-state index contributed by atoms with van der Waals surface area (Å²) in [6, 6.07) is 0. The van der Waals surface area contributed by atoms with E-state index in [1.165, 1.54) is 6.42 Å². The van der Waals surface area contributed by atoms with Crippen LogP contribution in [0.25, 0.3) is 0 Å². The van der Waals surface area contributed by atoms with E-state index in [-0.39, 0.29) is 19.8 Å². The van der Waals surface area contributed by atoms with Crippen LogP contribution in [0, 0.1) is 5.41 Å². The van der Waals surface area contributed by atoms with Gasteiger partial charge in [0.1, 0.15) is 0 Å². The fourth-order valence-electron chi connectivity index (χ4n) is 1.55. The van der Waals surface area contributed by atoms with Crippen molar-refractivity contribution in [1.29, 1.82) is 0 Å².